The molecule has 1 aliphatic rings. The Morgan fingerprint density at radius 1 is 1.56 bits per heavy atom. The van der Waals surface area contributed by atoms with Crippen LogP contribution in [0.5, 0.6) is 0 Å². The molecule has 0 radical (unpaired) electrons. The van der Waals surface area contributed by atoms with Gasteiger partial charge in [-0.15, -0.1) is 0 Å². The van der Waals surface area contributed by atoms with Crippen molar-refractivity contribution in [3.8, 4) is 6.07 Å². The molecule has 0 bridgehead atoms. The molecule has 1 aromatic carbocycles. The van der Waals surface area contributed by atoms with E-state index < -0.39 is 6.10 Å². The van der Waals surface area contributed by atoms with Crippen molar-refractivity contribution in [1.29, 1.82) is 5.26 Å². The zero-order valence-corrected chi connectivity index (χ0v) is 9.48. The molecule has 0 aromatic heterocycles. The molecule has 1 aromatic rings. The fourth-order valence-corrected chi connectivity index (χ4v) is 2.23. The van der Waals surface area contributed by atoms with Crippen LogP contribution in [0.25, 0.3) is 0 Å². The van der Waals surface area contributed by atoms with Crippen molar-refractivity contribution in [3.63, 3.8) is 0 Å². The van der Waals surface area contributed by atoms with Gasteiger partial charge in [0.15, 0.2) is 0 Å². The molecule has 1 atom stereocenters. The molecule has 16 heavy (non-hydrogen) atoms. The lowest BCUT2D eigenvalue weighted by atomic mass is 10.0. The second kappa shape index (κ2) is 4.54. The number of aliphatic hydroxyl groups excluding tert-OH is 1. The predicted molar refractivity (Wildman–Crippen MR) is 63.2 cm³/mol. The number of rotatable bonds is 3. The van der Waals surface area contributed by atoms with Crippen LogP contribution >= 0.6 is 0 Å². The van der Waals surface area contributed by atoms with Gasteiger partial charge in [0.2, 0.25) is 0 Å². The van der Waals surface area contributed by atoms with Crippen molar-refractivity contribution < 1.29 is 5.11 Å². The lowest BCUT2D eigenvalue weighted by molar-refractivity contribution is 0.183. The Kier molecular flexibility index (Phi) is 3.12. The number of anilines is 1. The molecular weight excluding hydrogens is 200 g/mol. The maximum Gasteiger partial charge on any atom is 0.0920 e. The van der Waals surface area contributed by atoms with Gasteiger partial charge < -0.3 is 10.0 Å². The maximum atomic E-state index is 9.74. The average Bonchev–Trinajstić information content (AvgIpc) is 2.71. The van der Waals surface area contributed by atoms with E-state index in [9.17, 15) is 5.11 Å². The standard InChI is InChI=1S/C13H16N2O/c1-2-15-8-6-10-9-11(3-4-12(10)15)13(16)5-7-14/h3-4,9,13,16H,2,5-6,8H2,1H3. The van der Waals surface area contributed by atoms with Gasteiger partial charge in [-0.3, -0.25) is 0 Å². The van der Waals surface area contributed by atoms with Crippen molar-refractivity contribution in [2.45, 2.75) is 25.9 Å². The van der Waals surface area contributed by atoms with Crippen LogP contribution in [0, 0.1) is 11.3 Å². The lowest BCUT2D eigenvalue weighted by Crippen LogP contribution is -2.19. The number of fused-ring (bicyclic) bond motifs is 1. The summed E-state index contributed by atoms with van der Waals surface area (Å²) < 4.78 is 0. The van der Waals surface area contributed by atoms with E-state index in [0.717, 1.165) is 25.1 Å². The highest BCUT2D eigenvalue weighted by molar-refractivity contribution is 5.59. The van der Waals surface area contributed by atoms with Gasteiger partial charge in [-0.2, -0.15) is 5.26 Å². The van der Waals surface area contributed by atoms with E-state index in [2.05, 4.69) is 17.9 Å². The number of hydrogen-bond donors (Lipinski definition) is 1. The third-order valence-corrected chi connectivity index (χ3v) is 3.15. The molecule has 0 spiro atoms. The summed E-state index contributed by atoms with van der Waals surface area (Å²) in [4.78, 5) is 2.33. The molecule has 0 aliphatic carbocycles. The summed E-state index contributed by atoms with van der Waals surface area (Å²) in [6, 6.07) is 8.01. The van der Waals surface area contributed by atoms with Gasteiger partial charge in [0.05, 0.1) is 18.6 Å². The third-order valence-electron chi connectivity index (χ3n) is 3.15. The molecule has 1 aliphatic heterocycles. The number of nitrogens with zero attached hydrogens (tertiary/aromatic N) is 2. The molecule has 84 valence electrons. The SMILES string of the molecule is CCN1CCc2cc(C(O)CC#N)ccc21. The fraction of sp³-hybridized carbons (Fsp3) is 0.462. The van der Waals surface area contributed by atoms with Gasteiger partial charge in [0.25, 0.3) is 0 Å². The first-order valence-electron chi connectivity index (χ1n) is 5.69. The summed E-state index contributed by atoms with van der Waals surface area (Å²) in [7, 11) is 0. The van der Waals surface area contributed by atoms with Crippen molar-refractivity contribution in [2.24, 2.45) is 0 Å². The Morgan fingerprint density at radius 2 is 2.38 bits per heavy atom. The van der Waals surface area contributed by atoms with Crippen LogP contribution < -0.4 is 4.90 Å². The van der Waals surface area contributed by atoms with Crippen LogP contribution in [0.4, 0.5) is 5.69 Å². The monoisotopic (exact) mass is 216 g/mol. The van der Waals surface area contributed by atoms with E-state index in [-0.39, 0.29) is 6.42 Å². The van der Waals surface area contributed by atoms with Gasteiger partial charge >= 0.3 is 0 Å². The molecule has 0 fully saturated rings. The molecule has 1 unspecified atom stereocenters. The van der Waals surface area contributed by atoms with Gasteiger partial charge in [-0.25, -0.2) is 0 Å². The van der Waals surface area contributed by atoms with Gasteiger partial charge in [0, 0.05) is 18.8 Å². The number of nitriles is 1. The molecule has 1 heterocycles. The van der Waals surface area contributed by atoms with Crippen molar-refractivity contribution in [3.05, 3.63) is 29.3 Å². The fourth-order valence-electron chi connectivity index (χ4n) is 2.23. The highest BCUT2D eigenvalue weighted by Gasteiger charge is 2.19. The Hall–Kier alpha value is -1.53. The van der Waals surface area contributed by atoms with E-state index in [1.165, 1.54) is 11.3 Å². The minimum absolute atomic E-state index is 0.163. The number of benzene rings is 1. The van der Waals surface area contributed by atoms with Crippen LogP contribution in [-0.4, -0.2) is 18.2 Å². The number of likely N-dealkylation sites (N-methyl/N-ethyl adjacent to an activating group) is 1. The summed E-state index contributed by atoms with van der Waals surface area (Å²) >= 11 is 0. The summed E-state index contributed by atoms with van der Waals surface area (Å²) in [5.74, 6) is 0. The smallest absolute Gasteiger partial charge is 0.0920 e. The first kappa shape index (κ1) is 11.0. The first-order valence-corrected chi connectivity index (χ1v) is 5.69. The highest BCUT2D eigenvalue weighted by Crippen LogP contribution is 2.30. The third kappa shape index (κ3) is 1.89. The van der Waals surface area contributed by atoms with Crippen molar-refractivity contribution in [1.82, 2.24) is 0 Å². The first-order chi connectivity index (χ1) is 7.76. The zero-order chi connectivity index (χ0) is 11.5. The number of aliphatic hydroxyl groups is 1. The van der Waals surface area contributed by atoms with Crippen LogP contribution in [0.3, 0.4) is 0 Å². The summed E-state index contributed by atoms with van der Waals surface area (Å²) in [6.45, 7) is 4.23. The van der Waals surface area contributed by atoms with Gasteiger partial charge in [-0.05, 0) is 30.5 Å². The summed E-state index contributed by atoms with van der Waals surface area (Å²) in [5.41, 5.74) is 3.42. The van der Waals surface area contributed by atoms with Crippen molar-refractivity contribution in [2.75, 3.05) is 18.0 Å². The average molecular weight is 216 g/mol. The van der Waals surface area contributed by atoms with E-state index in [1.807, 2.05) is 18.2 Å². The van der Waals surface area contributed by atoms with E-state index in [4.69, 9.17) is 5.26 Å². The predicted octanol–water partition coefficient (Wildman–Crippen LogP) is 2.02. The van der Waals surface area contributed by atoms with E-state index in [1.54, 1.807) is 0 Å². The topological polar surface area (TPSA) is 47.3 Å². The molecule has 0 saturated heterocycles. The quantitative estimate of drug-likeness (QED) is 0.840. The Bertz CT molecular complexity index is 422. The zero-order valence-electron chi connectivity index (χ0n) is 9.48. The second-order valence-electron chi connectivity index (χ2n) is 4.10. The van der Waals surface area contributed by atoms with Crippen molar-refractivity contribution >= 4 is 5.69 Å². The number of hydrogen-bond acceptors (Lipinski definition) is 3. The molecular formula is C13H16N2O. The summed E-state index contributed by atoms with van der Waals surface area (Å²) in [5, 5.41) is 18.3. The molecule has 0 amide bonds. The van der Waals surface area contributed by atoms with Crippen LogP contribution in [-0.2, 0) is 6.42 Å². The molecule has 0 saturated carbocycles. The molecule has 3 heteroatoms. The molecule has 2 rings (SSSR count). The Balaban J connectivity index is 2.25. The molecule has 3 nitrogen and oxygen atoms in total. The largest absolute Gasteiger partial charge is 0.387 e. The Labute approximate surface area is 95.9 Å². The maximum absolute atomic E-state index is 9.74. The lowest BCUT2D eigenvalue weighted by Gasteiger charge is -2.17. The van der Waals surface area contributed by atoms with Gasteiger partial charge in [0.1, 0.15) is 0 Å². The minimum Gasteiger partial charge on any atom is -0.387 e. The van der Waals surface area contributed by atoms with Crippen LogP contribution in [0.1, 0.15) is 30.6 Å². The molecule has 1 N–H and O–H groups in total. The van der Waals surface area contributed by atoms with E-state index in [0.29, 0.717) is 0 Å². The van der Waals surface area contributed by atoms with Crippen LogP contribution in [0.2, 0.25) is 0 Å². The summed E-state index contributed by atoms with van der Waals surface area (Å²) in [6.07, 6.45) is 0.554. The normalized spacial score (nSPS) is 15.7. The van der Waals surface area contributed by atoms with Crippen LogP contribution in [0.15, 0.2) is 18.2 Å². The van der Waals surface area contributed by atoms with E-state index >= 15 is 0 Å². The Morgan fingerprint density at radius 3 is 3.06 bits per heavy atom. The highest BCUT2D eigenvalue weighted by atomic mass is 16.3. The van der Waals surface area contributed by atoms with Gasteiger partial charge in [-0.1, -0.05) is 12.1 Å². The second-order valence-corrected chi connectivity index (χ2v) is 4.10. The minimum atomic E-state index is -0.647.